The predicted octanol–water partition coefficient (Wildman–Crippen LogP) is 3.39. The molecule has 0 saturated carbocycles. The lowest BCUT2D eigenvalue weighted by atomic mass is 10.3. The second-order valence-electron chi connectivity index (χ2n) is 4.58. The Morgan fingerprint density at radius 3 is 2.73 bits per heavy atom. The van der Waals surface area contributed by atoms with Crippen LogP contribution in [-0.2, 0) is 6.42 Å². The number of halogens is 1. The van der Waals surface area contributed by atoms with Crippen LogP contribution in [0.1, 0.15) is 23.2 Å². The zero-order valence-corrected chi connectivity index (χ0v) is 11.8. The average molecular weight is 300 g/mol. The number of hydrogen-bond donors (Lipinski definition) is 0. The molecule has 22 heavy (non-hydrogen) atoms. The third kappa shape index (κ3) is 2.76. The zero-order chi connectivity index (χ0) is 15.5. The maximum atomic E-state index is 13.0. The summed E-state index contributed by atoms with van der Waals surface area (Å²) >= 11 is 0. The summed E-state index contributed by atoms with van der Waals surface area (Å²) in [5, 5.41) is 4.35. The molecule has 6 heteroatoms. The van der Waals surface area contributed by atoms with E-state index in [4.69, 9.17) is 9.15 Å². The maximum Gasteiger partial charge on any atom is 0.380 e. The molecule has 0 aliphatic rings. The van der Waals surface area contributed by atoms with Gasteiger partial charge in [0.15, 0.2) is 0 Å². The molecule has 0 aliphatic heterocycles. The van der Waals surface area contributed by atoms with E-state index in [-0.39, 0.29) is 17.5 Å². The first-order valence-electron chi connectivity index (χ1n) is 6.78. The molecule has 0 radical (unpaired) electrons. The van der Waals surface area contributed by atoms with Gasteiger partial charge in [-0.2, -0.15) is 5.10 Å². The molecule has 0 unspecified atom stereocenters. The minimum absolute atomic E-state index is 0.102. The lowest BCUT2D eigenvalue weighted by Gasteiger charge is -2.06. The Bertz CT molecular complexity index is 776. The summed E-state index contributed by atoms with van der Waals surface area (Å²) in [6, 6.07) is 10.6. The van der Waals surface area contributed by atoms with E-state index in [1.807, 2.05) is 6.92 Å². The van der Waals surface area contributed by atoms with Gasteiger partial charge in [-0.25, -0.2) is 13.9 Å². The lowest BCUT2D eigenvalue weighted by Crippen LogP contribution is -2.11. The van der Waals surface area contributed by atoms with E-state index in [0.717, 1.165) is 5.69 Å². The third-order valence-corrected chi connectivity index (χ3v) is 3.08. The first-order valence-corrected chi connectivity index (χ1v) is 6.78. The molecule has 0 fully saturated rings. The first kappa shape index (κ1) is 14.1. The van der Waals surface area contributed by atoms with Gasteiger partial charge >= 0.3 is 5.97 Å². The standard InChI is InChI=1S/C16H13FN2O3/c1-2-12-10-15(22-16(20)14-4-3-9-21-14)19(18-12)13-7-5-11(17)6-8-13/h3-10H,2H2,1H3. The molecule has 0 bridgehead atoms. The van der Waals surface area contributed by atoms with Crippen LogP contribution in [0.15, 0.2) is 53.1 Å². The van der Waals surface area contributed by atoms with Crippen LogP contribution in [0.4, 0.5) is 4.39 Å². The van der Waals surface area contributed by atoms with Gasteiger partial charge in [-0.05, 0) is 42.8 Å². The quantitative estimate of drug-likeness (QED) is 0.693. The Balaban J connectivity index is 1.94. The number of rotatable bonds is 4. The van der Waals surface area contributed by atoms with Gasteiger partial charge in [-0.3, -0.25) is 0 Å². The molecular formula is C16H13FN2O3. The van der Waals surface area contributed by atoms with E-state index in [1.54, 1.807) is 24.3 Å². The van der Waals surface area contributed by atoms with Crippen LogP contribution < -0.4 is 4.74 Å². The van der Waals surface area contributed by atoms with Crippen molar-refractivity contribution < 1.29 is 18.3 Å². The number of hydrogen-bond acceptors (Lipinski definition) is 4. The summed E-state index contributed by atoms with van der Waals surface area (Å²) < 4.78 is 24.8. The Morgan fingerprint density at radius 1 is 1.32 bits per heavy atom. The van der Waals surface area contributed by atoms with Crippen molar-refractivity contribution in [3.8, 4) is 11.6 Å². The number of furan rings is 1. The van der Waals surface area contributed by atoms with Gasteiger partial charge in [0.05, 0.1) is 17.6 Å². The zero-order valence-electron chi connectivity index (χ0n) is 11.8. The van der Waals surface area contributed by atoms with Gasteiger partial charge < -0.3 is 9.15 Å². The smallest absolute Gasteiger partial charge is 0.380 e. The molecule has 1 aromatic carbocycles. The number of benzene rings is 1. The fourth-order valence-electron chi connectivity index (χ4n) is 1.96. The molecule has 0 aliphatic carbocycles. The molecule has 0 N–H and O–H groups in total. The van der Waals surface area contributed by atoms with Crippen LogP contribution in [0.3, 0.4) is 0 Å². The van der Waals surface area contributed by atoms with E-state index in [1.165, 1.54) is 29.1 Å². The number of carbonyl (C=O) groups excluding carboxylic acids is 1. The highest BCUT2D eigenvalue weighted by atomic mass is 19.1. The summed E-state index contributed by atoms with van der Waals surface area (Å²) in [6.07, 6.45) is 2.07. The fraction of sp³-hybridized carbons (Fsp3) is 0.125. The molecule has 2 heterocycles. The molecule has 3 rings (SSSR count). The van der Waals surface area contributed by atoms with Crippen LogP contribution in [0.2, 0.25) is 0 Å². The van der Waals surface area contributed by atoms with Gasteiger partial charge in [0, 0.05) is 6.07 Å². The monoisotopic (exact) mass is 300 g/mol. The van der Waals surface area contributed by atoms with Crippen molar-refractivity contribution in [3.63, 3.8) is 0 Å². The summed E-state index contributed by atoms with van der Waals surface area (Å²) in [5.74, 6) is -0.605. The Hall–Kier alpha value is -2.89. The Kier molecular flexibility index (Phi) is 3.74. The van der Waals surface area contributed by atoms with E-state index < -0.39 is 5.97 Å². The van der Waals surface area contributed by atoms with Crippen LogP contribution >= 0.6 is 0 Å². The van der Waals surface area contributed by atoms with E-state index in [9.17, 15) is 9.18 Å². The van der Waals surface area contributed by atoms with Crippen molar-refractivity contribution in [2.24, 2.45) is 0 Å². The van der Waals surface area contributed by atoms with Crippen molar-refractivity contribution in [1.29, 1.82) is 0 Å². The van der Waals surface area contributed by atoms with Crippen LogP contribution in [0.25, 0.3) is 5.69 Å². The topological polar surface area (TPSA) is 57.3 Å². The van der Waals surface area contributed by atoms with E-state index in [2.05, 4.69) is 5.10 Å². The minimum Gasteiger partial charge on any atom is -0.457 e. The van der Waals surface area contributed by atoms with E-state index in [0.29, 0.717) is 12.1 Å². The van der Waals surface area contributed by atoms with Gasteiger partial charge in [-0.15, -0.1) is 0 Å². The van der Waals surface area contributed by atoms with Gasteiger partial charge in [0.25, 0.3) is 0 Å². The van der Waals surface area contributed by atoms with Crippen molar-refractivity contribution in [2.75, 3.05) is 0 Å². The number of ether oxygens (including phenoxy) is 1. The van der Waals surface area contributed by atoms with Crippen LogP contribution in [0, 0.1) is 5.82 Å². The summed E-state index contributed by atoms with van der Waals surface area (Å²) in [5.41, 5.74) is 1.36. The number of aryl methyl sites for hydroxylation is 1. The first-order chi connectivity index (χ1) is 10.7. The van der Waals surface area contributed by atoms with Crippen molar-refractivity contribution in [2.45, 2.75) is 13.3 Å². The Morgan fingerprint density at radius 2 is 2.09 bits per heavy atom. The highest BCUT2D eigenvalue weighted by Gasteiger charge is 2.17. The minimum atomic E-state index is -0.615. The van der Waals surface area contributed by atoms with Crippen LogP contribution in [0.5, 0.6) is 5.88 Å². The number of nitrogens with zero attached hydrogens (tertiary/aromatic N) is 2. The lowest BCUT2D eigenvalue weighted by molar-refractivity contribution is 0.0689. The van der Waals surface area contributed by atoms with Crippen molar-refractivity contribution in [3.05, 3.63) is 66.0 Å². The molecule has 112 valence electrons. The van der Waals surface area contributed by atoms with Crippen LogP contribution in [-0.4, -0.2) is 15.7 Å². The predicted molar refractivity (Wildman–Crippen MR) is 76.6 cm³/mol. The summed E-state index contributed by atoms with van der Waals surface area (Å²) in [4.78, 5) is 12.0. The molecule has 2 aromatic heterocycles. The van der Waals surface area contributed by atoms with Crippen molar-refractivity contribution >= 4 is 5.97 Å². The summed E-state index contributed by atoms with van der Waals surface area (Å²) in [7, 11) is 0. The molecule has 0 saturated heterocycles. The Labute approximate surface area is 125 Å². The number of esters is 1. The molecule has 0 spiro atoms. The highest BCUT2D eigenvalue weighted by molar-refractivity contribution is 5.87. The molecule has 5 nitrogen and oxygen atoms in total. The molecular weight excluding hydrogens is 287 g/mol. The molecule has 0 atom stereocenters. The SMILES string of the molecule is CCc1cc(OC(=O)c2ccco2)n(-c2ccc(F)cc2)n1. The molecule has 3 aromatic rings. The van der Waals surface area contributed by atoms with Crippen molar-refractivity contribution in [1.82, 2.24) is 9.78 Å². The fourth-order valence-corrected chi connectivity index (χ4v) is 1.96. The maximum absolute atomic E-state index is 13.0. The third-order valence-electron chi connectivity index (χ3n) is 3.08. The second-order valence-corrected chi connectivity index (χ2v) is 4.58. The molecule has 0 amide bonds. The van der Waals surface area contributed by atoms with Gasteiger partial charge in [0.1, 0.15) is 5.82 Å². The normalized spacial score (nSPS) is 10.6. The average Bonchev–Trinajstić information content (AvgIpc) is 3.17. The second kappa shape index (κ2) is 5.85. The van der Waals surface area contributed by atoms with E-state index >= 15 is 0 Å². The van der Waals surface area contributed by atoms with Gasteiger partial charge in [0.2, 0.25) is 11.6 Å². The highest BCUT2D eigenvalue weighted by Crippen LogP contribution is 2.21. The number of carbonyl (C=O) groups is 1. The number of aromatic nitrogens is 2. The summed E-state index contributed by atoms with van der Waals surface area (Å²) in [6.45, 7) is 1.94. The van der Waals surface area contributed by atoms with Gasteiger partial charge in [-0.1, -0.05) is 6.92 Å². The largest absolute Gasteiger partial charge is 0.457 e.